The Kier molecular flexibility index (Phi) is 4.29. The number of hydrogen-bond acceptors (Lipinski definition) is 2. The van der Waals surface area contributed by atoms with Gasteiger partial charge in [0.1, 0.15) is 0 Å². The van der Waals surface area contributed by atoms with Crippen LogP contribution in [0.1, 0.15) is 55.2 Å². The zero-order valence-corrected chi connectivity index (χ0v) is 12.7. The molecule has 3 heteroatoms. The van der Waals surface area contributed by atoms with Gasteiger partial charge in [0.05, 0.1) is 18.6 Å². The molecule has 0 saturated heterocycles. The first kappa shape index (κ1) is 14.6. The van der Waals surface area contributed by atoms with E-state index in [2.05, 4.69) is 23.5 Å². The number of aliphatic hydroxyl groups excluding tert-OH is 1. The van der Waals surface area contributed by atoms with Crippen molar-refractivity contribution in [3.8, 4) is 0 Å². The summed E-state index contributed by atoms with van der Waals surface area (Å²) in [6.45, 7) is 0.0585. The lowest BCUT2D eigenvalue weighted by Gasteiger charge is -2.28. The molecule has 1 aromatic carbocycles. The summed E-state index contributed by atoms with van der Waals surface area (Å²) in [5, 5.41) is 12.7. The van der Waals surface area contributed by atoms with E-state index in [0.717, 1.165) is 37.7 Å². The first-order valence-corrected chi connectivity index (χ1v) is 8.23. The third-order valence-electron chi connectivity index (χ3n) is 5.05. The number of amides is 1. The second kappa shape index (κ2) is 6.18. The van der Waals surface area contributed by atoms with Gasteiger partial charge in [0.15, 0.2) is 0 Å². The maximum absolute atomic E-state index is 12.3. The van der Waals surface area contributed by atoms with Crippen molar-refractivity contribution < 1.29 is 9.90 Å². The monoisotopic (exact) mass is 287 g/mol. The Hall–Kier alpha value is -1.35. The number of aryl methyl sites for hydroxylation is 2. The van der Waals surface area contributed by atoms with Crippen molar-refractivity contribution in [3.63, 3.8) is 0 Å². The van der Waals surface area contributed by atoms with Crippen LogP contribution in [0.5, 0.6) is 0 Å². The minimum atomic E-state index is -0.356. The molecule has 3 nitrogen and oxygen atoms in total. The molecule has 0 atom stereocenters. The van der Waals surface area contributed by atoms with Crippen molar-refractivity contribution >= 4 is 5.91 Å². The van der Waals surface area contributed by atoms with Gasteiger partial charge in [0.25, 0.3) is 0 Å². The van der Waals surface area contributed by atoms with Crippen molar-refractivity contribution in [2.24, 2.45) is 0 Å². The fourth-order valence-corrected chi connectivity index (χ4v) is 3.80. The van der Waals surface area contributed by atoms with Gasteiger partial charge in [0, 0.05) is 0 Å². The van der Waals surface area contributed by atoms with Crippen LogP contribution in [-0.4, -0.2) is 23.2 Å². The number of fused-ring (bicyclic) bond motifs is 1. The number of aliphatic hydroxyl groups is 1. The molecular formula is C18H25NO2. The molecule has 1 saturated carbocycles. The van der Waals surface area contributed by atoms with E-state index in [9.17, 15) is 9.90 Å². The molecule has 0 radical (unpaired) electrons. The van der Waals surface area contributed by atoms with Gasteiger partial charge >= 0.3 is 0 Å². The number of nitrogens with one attached hydrogen (secondary N) is 1. The van der Waals surface area contributed by atoms with Crippen LogP contribution in [-0.2, 0) is 24.1 Å². The van der Waals surface area contributed by atoms with E-state index in [1.165, 1.54) is 30.4 Å². The Morgan fingerprint density at radius 1 is 1.10 bits per heavy atom. The van der Waals surface area contributed by atoms with Crippen molar-refractivity contribution in [2.75, 3.05) is 6.61 Å². The van der Waals surface area contributed by atoms with Gasteiger partial charge in [-0.15, -0.1) is 0 Å². The van der Waals surface area contributed by atoms with Crippen LogP contribution in [0.4, 0.5) is 0 Å². The number of carbonyl (C=O) groups is 1. The summed E-state index contributed by atoms with van der Waals surface area (Å²) in [7, 11) is 0. The van der Waals surface area contributed by atoms with E-state index in [0.29, 0.717) is 6.42 Å². The predicted molar refractivity (Wildman–Crippen MR) is 83.2 cm³/mol. The third kappa shape index (κ3) is 3.29. The van der Waals surface area contributed by atoms with Gasteiger partial charge in [-0.25, -0.2) is 0 Å². The molecule has 114 valence electrons. The van der Waals surface area contributed by atoms with E-state index in [-0.39, 0.29) is 18.1 Å². The summed E-state index contributed by atoms with van der Waals surface area (Å²) in [6.07, 6.45) is 9.29. The molecule has 21 heavy (non-hydrogen) atoms. The quantitative estimate of drug-likeness (QED) is 0.894. The van der Waals surface area contributed by atoms with E-state index in [1.807, 2.05) is 0 Å². The topological polar surface area (TPSA) is 49.3 Å². The van der Waals surface area contributed by atoms with E-state index < -0.39 is 0 Å². The van der Waals surface area contributed by atoms with Gasteiger partial charge in [0.2, 0.25) is 5.91 Å². The lowest BCUT2D eigenvalue weighted by molar-refractivity contribution is -0.122. The van der Waals surface area contributed by atoms with E-state index >= 15 is 0 Å². The maximum Gasteiger partial charge on any atom is 0.224 e. The standard InChI is InChI=1S/C18H25NO2/c20-13-18(9-3-4-10-18)19-17(21)12-14-7-8-15-5-1-2-6-16(15)11-14/h7-8,11,20H,1-6,9-10,12-13H2,(H,19,21). The number of carbonyl (C=O) groups excluding carboxylic acids is 1. The van der Waals surface area contributed by atoms with Crippen LogP contribution in [0.3, 0.4) is 0 Å². The van der Waals surface area contributed by atoms with Crippen LogP contribution in [0.25, 0.3) is 0 Å². The Bertz CT molecular complexity index is 518. The molecule has 1 fully saturated rings. The highest BCUT2D eigenvalue weighted by Crippen LogP contribution is 2.29. The van der Waals surface area contributed by atoms with Crippen molar-refractivity contribution in [1.82, 2.24) is 5.32 Å². The molecule has 3 rings (SSSR count). The summed E-state index contributed by atoms with van der Waals surface area (Å²) < 4.78 is 0. The van der Waals surface area contributed by atoms with Crippen molar-refractivity contribution in [2.45, 2.75) is 63.3 Å². The fraction of sp³-hybridized carbons (Fsp3) is 0.611. The normalized spacial score (nSPS) is 20.0. The zero-order chi connectivity index (χ0) is 14.7. The molecule has 0 spiro atoms. The van der Waals surface area contributed by atoms with Gasteiger partial charge < -0.3 is 10.4 Å². The van der Waals surface area contributed by atoms with Crippen LogP contribution >= 0.6 is 0 Å². The van der Waals surface area contributed by atoms with Crippen molar-refractivity contribution in [3.05, 3.63) is 34.9 Å². The summed E-state index contributed by atoms with van der Waals surface area (Å²) in [5.74, 6) is 0.0432. The highest BCUT2D eigenvalue weighted by Gasteiger charge is 2.34. The summed E-state index contributed by atoms with van der Waals surface area (Å²) in [6, 6.07) is 6.48. The first-order chi connectivity index (χ1) is 10.2. The second-order valence-electron chi connectivity index (χ2n) is 6.68. The van der Waals surface area contributed by atoms with Crippen LogP contribution in [0.2, 0.25) is 0 Å². The average Bonchev–Trinajstić information content (AvgIpc) is 2.96. The largest absolute Gasteiger partial charge is 0.394 e. The highest BCUT2D eigenvalue weighted by atomic mass is 16.3. The Labute approximate surface area is 126 Å². The molecule has 2 aliphatic carbocycles. The minimum Gasteiger partial charge on any atom is -0.394 e. The highest BCUT2D eigenvalue weighted by molar-refractivity contribution is 5.79. The maximum atomic E-state index is 12.3. The Balaban J connectivity index is 1.64. The van der Waals surface area contributed by atoms with Gasteiger partial charge in [-0.05, 0) is 55.2 Å². The number of hydrogen-bond donors (Lipinski definition) is 2. The van der Waals surface area contributed by atoms with Gasteiger partial charge in [-0.1, -0.05) is 31.0 Å². The van der Waals surface area contributed by atoms with Crippen molar-refractivity contribution in [1.29, 1.82) is 0 Å². The molecule has 0 unspecified atom stereocenters. The Morgan fingerprint density at radius 2 is 1.81 bits per heavy atom. The van der Waals surface area contributed by atoms with E-state index in [4.69, 9.17) is 0 Å². The summed E-state index contributed by atoms with van der Waals surface area (Å²) in [4.78, 5) is 12.3. The van der Waals surface area contributed by atoms with Gasteiger partial charge in [-0.2, -0.15) is 0 Å². The molecular weight excluding hydrogens is 262 g/mol. The molecule has 0 aromatic heterocycles. The summed E-state index contributed by atoms with van der Waals surface area (Å²) >= 11 is 0. The summed E-state index contributed by atoms with van der Waals surface area (Å²) in [5.41, 5.74) is 3.61. The molecule has 0 heterocycles. The SMILES string of the molecule is O=C(Cc1ccc2c(c1)CCCC2)NC1(CO)CCCC1. The molecule has 1 aromatic rings. The molecule has 2 aliphatic rings. The number of rotatable bonds is 4. The molecule has 2 N–H and O–H groups in total. The fourth-order valence-electron chi connectivity index (χ4n) is 3.80. The van der Waals surface area contributed by atoms with Crippen LogP contribution < -0.4 is 5.32 Å². The third-order valence-corrected chi connectivity index (χ3v) is 5.05. The first-order valence-electron chi connectivity index (χ1n) is 8.23. The zero-order valence-electron chi connectivity index (χ0n) is 12.7. The van der Waals surface area contributed by atoms with Crippen LogP contribution in [0, 0.1) is 0 Å². The second-order valence-corrected chi connectivity index (χ2v) is 6.68. The Morgan fingerprint density at radius 3 is 2.52 bits per heavy atom. The number of benzene rings is 1. The van der Waals surface area contributed by atoms with Crippen LogP contribution in [0.15, 0.2) is 18.2 Å². The lowest BCUT2D eigenvalue weighted by atomic mass is 9.90. The van der Waals surface area contributed by atoms with Gasteiger partial charge in [-0.3, -0.25) is 4.79 Å². The predicted octanol–water partition coefficient (Wildman–Crippen LogP) is 2.53. The molecule has 0 bridgehead atoms. The average molecular weight is 287 g/mol. The minimum absolute atomic E-state index is 0.0432. The smallest absolute Gasteiger partial charge is 0.224 e. The van der Waals surface area contributed by atoms with E-state index in [1.54, 1.807) is 0 Å². The molecule has 0 aliphatic heterocycles. The lowest BCUT2D eigenvalue weighted by Crippen LogP contribution is -2.49. The molecule has 1 amide bonds.